The number of piperazine rings is 1. The lowest BCUT2D eigenvalue weighted by Gasteiger charge is -2.36. The average molecular weight is 403 g/mol. The second-order valence-electron chi connectivity index (χ2n) is 6.05. The van der Waals surface area contributed by atoms with Crippen LogP contribution in [-0.2, 0) is 0 Å². The third-order valence-corrected chi connectivity index (χ3v) is 6.23. The van der Waals surface area contributed by atoms with E-state index in [0.29, 0.717) is 0 Å². The molecule has 1 saturated heterocycles. The summed E-state index contributed by atoms with van der Waals surface area (Å²) in [5, 5.41) is 3.04. The van der Waals surface area contributed by atoms with E-state index in [1.54, 1.807) is 23.3 Å². The number of hydrogen-bond donors (Lipinski definition) is 0. The van der Waals surface area contributed by atoms with E-state index in [2.05, 4.69) is 44.7 Å². The summed E-state index contributed by atoms with van der Waals surface area (Å²) in [7, 11) is 0. The number of amidine groups is 1. The second kappa shape index (κ2) is 7.86. The first kappa shape index (κ1) is 17.6. The average Bonchev–Trinajstić information content (AvgIpc) is 3.12. The Balaban J connectivity index is 1.47. The maximum absolute atomic E-state index is 5.96. The molecule has 1 aromatic heterocycles. The Morgan fingerprint density at radius 1 is 1.08 bits per heavy atom. The number of nitrogens with zero attached hydrogens (tertiary/aromatic N) is 4. The maximum atomic E-state index is 5.96. The van der Waals surface area contributed by atoms with Crippen molar-refractivity contribution in [1.82, 2.24) is 9.27 Å². The minimum Gasteiger partial charge on any atom is -0.352 e. The van der Waals surface area contributed by atoms with Crippen molar-refractivity contribution in [3.63, 3.8) is 0 Å². The number of thioether (sulfide) groups is 1. The molecule has 0 atom stereocenters. The Hall–Kier alpha value is -1.76. The minimum absolute atomic E-state index is 0.735. The van der Waals surface area contributed by atoms with Crippen molar-refractivity contribution in [2.24, 2.45) is 4.99 Å². The van der Waals surface area contributed by atoms with Gasteiger partial charge in [0, 0.05) is 36.6 Å². The van der Waals surface area contributed by atoms with Gasteiger partial charge >= 0.3 is 0 Å². The van der Waals surface area contributed by atoms with Crippen LogP contribution in [0.2, 0.25) is 5.02 Å². The summed E-state index contributed by atoms with van der Waals surface area (Å²) >= 11 is 9.23. The van der Waals surface area contributed by atoms with E-state index >= 15 is 0 Å². The molecule has 0 amide bonds. The van der Waals surface area contributed by atoms with Gasteiger partial charge in [0.15, 0.2) is 5.17 Å². The summed E-state index contributed by atoms with van der Waals surface area (Å²) in [6.07, 6.45) is 2.08. The fourth-order valence-electron chi connectivity index (χ4n) is 3.08. The maximum Gasteiger partial charge on any atom is 0.164 e. The monoisotopic (exact) mass is 402 g/mol. The molecule has 0 bridgehead atoms. The molecule has 26 heavy (non-hydrogen) atoms. The van der Waals surface area contributed by atoms with Gasteiger partial charge in [0.1, 0.15) is 5.82 Å². The number of aliphatic imine (C=N–C) groups is 1. The first-order chi connectivity index (χ1) is 12.7. The van der Waals surface area contributed by atoms with Gasteiger partial charge < -0.3 is 9.80 Å². The lowest BCUT2D eigenvalue weighted by Crippen LogP contribution is -2.48. The Morgan fingerprint density at radius 3 is 2.54 bits per heavy atom. The fraction of sp³-hybridized carbons (Fsp3) is 0.263. The van der Waals surface area contributed by atoms with Crippen molar-refractivity contribution in [2.45, 2.75) is 0 Å². The SMILES string of the molecule is CS/C(=N\c1ccc(Cl)cc1)N1CCN(c2nsc3ccccc23)CC1. The third-order valence-electron chi connectivity index (χ3n) is 4.44. The number of anilines is 1. The molecule has 1 fully saturated rings. The Bertz CT molecular complexity index is 915. The van der Waals surface area contributed by atoms with E-state index < -0.39 is 0 Å². The molecule has 7 heteroatoms. The van der Waals surface area contributed by atoms with E-state index in [0.717, 1.165) is 47.9 Å². The highest BCUT2D eigenvalue weighted by Gasteiger charge is 2.22. The molecular formula is C19H19ClN4S2. The van der Waals surface area contributed by atoms with Crippen LogP contribution in [0.15, 0.2) is 53.5 Å². The molecule has 0 aliphatic carbocycles. The van der Waals surface area contributed by atoms with Crippen LogP contribution in [0.25, 0.3) is 10.1 Å². The molecule has 0 N–H and O–H groups in total. The number of fused-ring (bicyclic) bond motifs is 1. The van der Waals surface area contributed by atoms with Gasteiger partial charge in [0.2, 0.25) is 0 Å². The highest BCUT2D eigenvalue weighted by molar-refractivity contribution is 8.13. The van der Waals surface area contributed by atoms with Crippen LogP contribution >= 0.6 is 34.9 Å². The molecule has 4 nitrogen and oxygen atoms in total. The molecule has 2 aromatic carbocycles. The van der Waals surface area contributed by atoms with Crippen molar-refractivity contribution in [2.75, 3.05) is 37.3 Å². The molecule has 3 aromatic rings. The number of aromatic nitrogens is 1. The van der Waals surface area contributed by atoms with Gasteiger partial charge in [-0.25, -0.2) is 4.99 Å². The Morgan fingerprint density at radius 2 is 1.81 bits per heavy atom. The molecule has 134 valence electrons. The number of halogens is 1. The van der Waals surface area contributed by atoms with E-state index in [9.17, 15) is 0 Å². The van der Waals surface area contributed by atoms with Crippen LogP contribution in [0.3, 0.4) is 0 Å². The smallest absolute Gasteiger partial charge is 0.164 e. The van der Waals surface area contributed by atoms with Crippen molar-refractivity contribution in [3.8, 4) is 0 Å². The molecule has 0 unspecified atom stereocenters. The van der Waals surface area contributed by atoms with Gasteiger partial charge in [0.25, 0.3) is 0 Å². The van der Waals surface area contributed by atoms with Gasteiger partial charge in [0.05, 0.1) is 10.4 Å². The lowest BCUT2D eigenvalue weighted by molar-refractivity contribution is 0.392. The quantitative estimate of drug-likeness (QED) is 0.439. The summed E-state index contributed by atoms with van der Waals surface area (Å²) < 4.78 is 5.94. The van der Waals surface area contributed by atoms with Gasteiger partial charge in [-0.1, -0.05) is 35.5 Å². The Kier molecular flexibility index (Phi) is 5.33. The standard InChI is InChI=1S/C19H19ClN4S2/c1-25-19(21-15-8-6-14(20)7-9-15)24-12-10-23(11-13-24)18-16-4-2-3-5-17(16)26-22-18/h2-9H,10-13H2,1H3/b21-19-. The largest absolute Gasteiger partial charge is 0.352 e. The van der Waals surface area contributed by atoms with Crippen LogP contribution in [-0.4, -0.2) is 46.9 Å². The molecule has 0 spiro atoms. The summed E-state index contributed by atoms with van der Waals surface area (Å²) in [4.78, 5) is 9.53. The van der Waals surface area contributed by atoms with E-state index in [-0.39, 0.29) is 0 Å². The summed E-state index contributed by atoms with van der Waals surface area (Å²) in [6.45, 7) is 3.79. The first-order valence-corrected chi connectivity index (χ1v) is 10.8. The normalized spacial score (nSPS) is 15.7. The minimum atomic E-state index is 0.735. The first-order valence-electron chi connectivity index (χ1n) is 8.47. The molecule has 1 aliphatic rings. The molecular weight excluding hydrogens is 384 g/mol. The topological polar surface area (TPSA) is 31.7 Å². The van der Waals surface area contributed by atoms with Crippen LogP contribution in [0, 0.1) is 0 Å². The van der Waals surface area contributed by atoms with E-state index in [4.69, 9.17) is 16.6 Å². The zero-order chi connectivity index (χ0) is 17.9. The van der Waals surface area contributed by atoms with Crippen LogP contribution in [0.5, 0.6) is 0 Å². The highest BCUT2D eigenvalue weighted by Crippen LogP contribution is 2.30. The molecule has 4 rings (SSSR count). The molecule has 1 aliphatic heterocycles. The predicted molar refractivity (Wildman–Crippen MR) is 115 cm³/mol. The van der Waals surface area contributed by atoms with Gasteiger partial charge in [-0.15, -0.1) is 0 Å². The van der Waals surface area contributed by atoms with Crippen LogP contribution in [0.4, 0.5) is 11.5 Å². The number of rotatable bonds is 2. The van der Waals surface area contributed by atoms with Gasteiger partial charge in [-0.3, -0.25) is 0 Å². The predicted octanol–water partition coefficient (Wildman–Crippen LogP) is 5.12. The van der Waals surface area contributed by atoms with Crippen molar-refractivity contribution in [1.29, 1.82) is 0 Å². The number of hydrogen-bond acceptors (Lipinski definition) is 5. The highest BCUT2D eigenvalue weighted by atomic mass is 35.5. The van der Waals surface area contributed by atoms with Gasteiger partial charge in [-0.05, 0) is 54.2 Å². The molecule has 0 saturated carbocycles. The van der Waals surface area contributed by atoms with Crippen LogP contribution in [0.1, 0.15) is 0 Å². The van der Waals surface area contributed by atoms with E-state index in [1.165, 1.54) is 10.1 Å². The zero-order valence-corrected chi connectivity index (χ0v) is 16.8. The third kappa shape index (κ3) is 3.68. The lowest BCUT2D eigenvalue weighted by atomic mass is 10.2. The molecule has 0 radical (unpaired) electrons. The second-order valence-corrected chi connectivity index (χ2v) is 8.07. The summed E-state index contributed by atoms with van der Waals surface area (Å²) in [6, 6.07) is 16.1. The zero-order valence-electron chi connectivity index (χ0n) is 14.4. The van der Waals surface area contributed by atoms with Crippen molar-refractivity contribution in [3.05, 3.63) is 53.6 Å². The molecule has 2 heterocycles. The Labute approximate surface area is 166 Å². The summed E-state index contributed by atoms with van der Waals surface area (Å²) in [5.41, 5.74) is 0.937. The van der Waals surface area contributed by atoms with Crippen LogP contribution < -0.4 is 4.90 Å². The van der Waals surface area contributed by atoms with E-state index in [1.807, 2.05) is 24.3 Å². The van der Waals surface area contributed by atoms with Crippen molar-refractivity contribution < 1.29 is 0 Å². The number of benzene rings is 2. The van der Waals surface area contributed by atoms with Crippen molar-refractivity contribution >= 4 is 61.7 Å². The van der Waals surface area contributed by atoms with Gasteiger partial charge in [-0.2, -0.15) is 4.37 Å². The fourth-order valence-corrected chi connectivity index (χ4v) is 4.64. The summed E-state index contributed by atoms with van der Waals surface area (Å²) in [5.74, 6) is 1.12.